The van der Waals surface area contributed by atoms with Gasteiger partial charge in [0.25, 0.3) is 0 Å². The van der Waals surface area contributed by atoms with Crippen LogP contribution in [-0.4, -0.2) is 38.3 Å². The van der Waals surface area contributed by atoms with Crippen molar-refractivity contribution in [3.8, 4) is 0 Å². The molecule has 0 aliphatic carbocycles. The molecule has 1 saturated heterocycles. The van der Waals surface area contributed by atoms with Gasteiger partial charge in [0.15, 0.2) is 0 Å². The van der Waals surface area contributed by atoms with Gasteiger partial charge in [0.1, 0.15) is 5.82 Å². The average molecular weight is 496 g/mol. The monoisotopic (exact) mass is 495 g/mol. The molecule has 0 radical (unpaired) electrons. The Bertz CT molecular complexity index is 1260. The topological polar surface area (TPSA) is 78.5 Å². The van der Waals surface area contributed by atoms with Crippen molar-refractivity contribution >= 4 is 21.6 Å². The Hall–Kier alpha value is -3.07. The fourth-order valence-corrected chi connectivity index (χ4v) is 5.81. The maximum Gasteiger partial charge on any atom is 0.243 e. The summed E-state index contributed by atoms with van der Waals surface area (Å²) in [6.45, 7) is 2.85. The van der Waals surface area contributed by atoms with Crippen LogP contribution in [0.5, 0.6) is 0 Å². The molecule has 8 heteroatoms. The number of carbonyl (C=O) groups is 1. The number of benzene rings is 3. The minimum absolute atomic E-state index is 0.0144. The zero-order valence-corrected chi connectivity index (χ0v) is 20.5. The molecule has 0 saturated carbocycles. The van der Waals surface area contributed by atoms with Crippen molar-refractivity contribution in [3.63, 3.8) is 0 Å². The minimum Gasteiger partial charge on any atom is -0.325 e. The van der Waals surface area contributed by atoms with E-state index in [-0.39, 0.29) is 29.2 Å². The predicted octanol–water partition coefficient (Wildman–Crippen LogP) is 4.63. The Morgan fingerprint density at radius 2 is 1.60 bits per heavy atom. The molecule has 1 amide bonds. The Balaban J connectivity index is 1.48. The molecule has 1 aliphatic rings. The van der Waals surface area contributed by atoms with Crippen LogP contribution < -0.4 is 10.6 Å². The summed E-state index contributed by atoms with van der Waals surface area (Å²) >= 11 is 0. The average Bonchev–Trinajstić information content (AvgIpc) is 2.87. The van der Waals surface area contributed by atoms with E-state index in [0.717, 1.165) is 36.0 Å². The van der Waals surface area contributed by atoms with Gasteiger partial charge in [-0.1, -0.05) is 55.0 Å². The molecule has 0 aromatic heterocycles. The summed E-state index contributed by atoms with van der Waals surface area (Å²) in [7, 11) is -3.60. The lowest BCUT2D eigenvalue weighted by Crippen LogP contribution is -2.35. The van der Waals surface area contributed by atoms with Gasteiger partial charge >= 0.3 is 0 Å². The molecule has 0 bridgehead atoms. The third kappa shape index (κ3) is 6.14. The van der Waals surface area contributed by atoms with Crippen molar-refractivity contribution in [1.29, 1.82) is 0 Å². The number of hydrogen-bond donors (Lipinski definition) is 2. The van der Waals surface area contributed by atoms with Gasteiger partial charge < -0.3 is 5.32 Å². The number of rotatable bonds is 8. The molecular weight excluding hydrogens is 465 g/mol. The lowest BCUT2D eigenvalue weighted by Gasteiger charge is -2.26. The van der Waals surface area contributed by atoms with Crippen LogP contribution in [0.1, 0.15) is 42.0 Å². The first-order chi connectivity index (χ1) is 16.8. The molecule has 2 N–H and O–H groups in total. The van der Waals surface area contributed by atoms with Gasteiger partial charge in [0, 0.05) is 18.8 Å². The van der Waals surface area contributed by atoms with Crippen molar-refractivity contribution in [1.82, 2.24) is 9.62 Å². The molecule has 3 aromatic rings. The molecule has 3 aromatic carbocycles. The second kappa shape index (κ2) is 11.1. The lowest BCUT2D eigenvalue weighted by atomic mass is 9.98. The first-order valence-electron chi connectivity index (χ1n) is 11.8. The Morgan fingerprint density at radius 1 is 0.943 bits per heavy atom. The molecule has 184 valence electrons. The summed E-state index contributed by atoms with van der Waals surface area (Å²) < 4.78 is 41.1. The molecule has 1 atom stereocenters. The van der Waals surface area contributed by atoms with Gasteiger partial charge in [-0.25, -0.2) is 12.8 Å². The Labute approximate surface area is 206 Å². The number of sulfonamides is 1. The van der Waals surface area contributed by atoms with Crippen LogP contribution in [0, 0.1) is 12.7 Å². The van der Waals surface area contributed by atoms with Crippen LogP contribution in [0.15, 0.2) is 77.7 Å². The summed E-state index contributed by atoms with van der Waals surface area (Å²) in [6.07, 6.45) is 2.75. The Kier molecular flexibility index (Phi) is 7.95. The standard InChI is InChI=1S/C27H30FN3O3S/c1-20-10-15-24(35(33,34)31-16-6-3-7-17-31)18-25(20)30-26(32)19-29-27(21-8-4-2-5-9-21)22-11-13-23(28)14-12-22/h2,4-5,8-15,18,27,29H,3,6-7,16-17,19H2,1H3,(H,30,32). The van der Waals surface area contributed by atoms with E-state index in [1.807, 2.05) is 37.3 Å². The van der Waals surface area contributed by atoms with Gasteiger partial charge in [-0.05, 0) is 60.7 Å². The molecule has 1 fully saturated rings. The first kappa shape index (κ1) is 25.0. The van der Waals surface area contributed by atoms with Crippen molar-refractivity contribution in [2.75, 3.05) is 25.0 Å². The van der Waals surface area contributed by atoms with Crippen LogP contribution in [0.3, 0.4) is 0 Å². The van der Waals surface area contributed by atoms with Gasteiger partial charge in [-0.15, -0.1) is 0 Å². The smallest absolute Gasteiger partial charge is 0.243 e. The number of carbonyl (C=O) groups excluding carboxylic acids is 1. The molecule has 6 nitrogen and oxygen atoms in total. The van der Waals surface area contributed by atoms with Gasteiger partial charge in [-0.2, -0.15) is 4.31 Å². The van der Waals surface area contributed by atoms with Crippen LogP contribution >= 0.6 is 0 Å². The quantitative estimate of drug-likeness (QED) is 0.478. The second-order valence-electron chi connectivity index (χ2n) is 8.77. The normalized spacial score (nSPS) is 15.5. The molecule has 0 spiro atoms. The van der Waals surface area contributed by atoms with Crippen LogP contribution in [0.2, 0.25) is 0 Å². The van der Waals surface area contributed by atoms with E-state index >= 15 is 0 Å². The fraction of sp³-hybridized carbons (Fsp3) is 0.296. The van der Waals surface area contributed by atoms with Crippen LogP contribution in [0.25, 0.3) is 0 Å². The van der Waals surface area contributed by atoms with Gasteiger partial charge in [0.2, 0.25) is 15.9 Å². The molecule has 1 aliphatic heterocycles. The maximum atomic E-state index is 13.5. The van der Waals surface area contributed by atoms with E-state index in [2.05, 4.69) is 10.6 Å². The molecule has 4 rings (SSSR count). The third-order valence-electron chi connectivity index (χ3n) is 6.24. The molecule has 1 unspecified atom stereocenters. The van der Waals surface area contributed by atoms with E-state index in [9.17, 15) is 17.6 Å². The van der Waals surface area contributed by atoms with Gasteiger partial charge in [0.05, 0.1) is 17.5 Å². The number of piperidine rings is 1. The summed E-state index contributed by atoms with van der Waals surface area (Å²) in [6, 6.07) is 20.3. The highest BCUT2D eigenvalue weighted by atomic mass is 32.2. The third-order valence-corrected chi connectivity index (χ3v) is 8.13. The molecule has 1 heterocycles. The van der Waals surface area contributed by atoms with E-state index in [0.29, 0.717) is 18.8 Å². The van der Waals surface area contributed by atoms with E-state index in [4.69, 9.17) is 0 Å². The van der Waals surface area contributed by atoms with Crippen molar-refractivity contribution in [2.45, 2.75) is 37.1 Å². The highest BCUT2D eigenvalue weighted by molar-refractivity contribution is 7.89. The number of nitrogens with one attached hydrogen (secondary N) is 2. The van der Waals surface area contributed by atoms with Crippen LogP contribution in [-0.2, 0) is 14.8 Å². The minimum atomic E-state index is -3.60. The number of aryl methyl sites for hydroxylation is 1. The van der Waals surface area contributed by atoms with Crippen LogP contribution in [0.4, 0.5) is 10.1 Å². The zero-order chi connectivity index (χ0) is 24.8. The summed E-state index contributed by atoms with van der Waals surface area (Å²) in [5.74, 6) is -0.628. The number of anilines is 1. The number of hydrogen-bond acceptors (Lipinski definition) is 4. The summed E-state index contributed by atoms with van der Waals surface area (Å²) in [4.78, 5) is 13.0. The van der Waals surface area contributed by atoms with Crippen molar-refractivity contribution in [2.24, 2.45) is 0 Å². The predicted molar refractivity (Wildman–Crippen MR) is 135 cm³/mol. The van der Waals surface area contributed by atoms with E-state index < -0.39 is 10.0 Å². The van der Waals surface area contributed by atoms with E-state index in [1.165, 1.54) is 22.5 Å². The van der Waals surface area contributed by atoms with E-state index in [1.54, 1.807) is 24.3 Å². The lowest BCUT2D eigenvalue weighted by molar-refractivity contribution is -0.115. The summed E-state index contributed by atoms with van der Waals surface area (Å²) in [5.41, 5.74) is 3.01. The van der Waals surface area contributed by atoms with Crippen molar-refractivity contribution < 1.29 is 17.6 Å². The zero-order valence-electron chi connectivity index (χ0n) is 19.7. The fourth-order valence-electron chi connectivity index (χ4n) is 4.27. The second-order valence-corrected chi connectivity index (χ2v) is 10.7. The number of amides is 1. The Morgan fingerprint density at radius 3 is 2.29 bits per heavy atom. The molecular formula is C27H30FN3O3S. The largest absolute Gasteiger partial charge is 0.325 e. The van der Waals surface area contributed by atoms with Gasteiger partial charge in [-0.3, -0.25) is 10.1 Å². The molecule has 35 heavy (non-hydrogen) atoms. The number of nitrogens with zero attached hydrogens (tertiary/aromatic N) is 1. The summed E-state index contributed by atoms with van der Waals surface area (Å²) in [5, 5.41) is 6.10. The number of halogens is 1. The highest BCUT2D eigenvalue weighted by Gasteiger charge is 2.26. The SMILES string of the molecule is Cc1ccc(S(=O)(=O)N2CCCCC2)cc1NC(=O)CNC(c1ccccc1)c1ccc(F)cc1. The maximum absolute atomic E-state index is 13.5. The van der Waals surface area contributed by atoms with Crippen molar-refractivity contribution in [3.05, 3.63) is 95.3 Å². The first-order valence-corrected chi connectivity index (χ1v) is 13.2. The highest BCUT2D eigenvalue weighted by Crippen LogP contribution is 2.26.